The van der Waals surface area contributed by atoms with Crippen molar-refractivity contribution in [3.63, 3.8) is 0 Å². The number of benzene rings is 1. The molecule has 0 heterocycles. The van der Waals surface area contributed by atoms with Gasteiger partial charge in [0.05, 0.1) is 5.56 Å². The second-order valence-electron chi connectivity index (χ2n) is 4.21. The van der Waals surface area contributed by atoms with Crippen LogP contribution in [0.3, 0.4) is 0 Å². The zero-order valence-electron chi connectivity index (χ0n) is 8.85. The van der Waals surface area contributed by atoms with Gasteiger partial charge >= 0.3 is 0 Å². The maximum atomic E-state index is 13.7. The number of halogens is 3. The van der Waals surface area contributed by atoms with E-state index in [1.165, 1.54) is 0 Å². The van der Waals surface area contributed by atoms with Crippen LogP contribution in [-0.4, -0.2) is 5.60 Å². The number of hydrogen-bond donors (Lipinski definition) is 0. The van der Waals surface area contributed by atoms with E-state index in [2.05, 4.69) is 31.9 Å². The third-order valence-corrected chi connectivity index (χ3v) is 2.46. The van der Waals surface area contributed by atoms with Crippen molar-refractivity contribution in [2.75, 3.05) is 0 Å². The molecule has 0 aliphatic carbocycles. The largest absolute Gasteiger partial charge is 0.488 e. The Morgan fingerprint density at radius 1 is 1.13 bits per heavy atom. The Labute approximate surface area is 106 Å². The van der Waals surface area contributed by atoms with E-state index >= 15 is 0 Å². The van der Waals surface area contributed by atoms with Crippen LogP contribution in [0.25, 0.3) is 0 Å². The van der Waals surface area contributed by atoms with Crippen molar-refractivity contribution in [3.8, 4) is 5.75 Å². The lowest BCUT2D eigenvalue weighted by atomic mass is 10.1. The highest BCUT2D eigenvalue weighted by atomic mass is 79.9. The summed E-state index contributed by atoms with van der Waals surface area (Å²) in [6, 6.07) is 7.00. The molecule has 1 rings (SSSR count). The predicted molar refractivity (Wildman–Crippen MR) is 67.5 cm³/mol. The quantitative estimate of drug-likeness (QED) is 0.707. The van der Waals surface area contributed by atoms with Crippen molar-refractivity contribution in [1.82, 2.24) is 0 Å². The van der Waals surface area contributed by atoms with Crippen LogP contribution in [-0.2, 0) is 3.49 Å². The van der Waals surface area contributed by atoms with Crippen LogP contribution in [0.2, 0.25) is 0 Å². The Morgan fingerprint density at radius 3 is 2.13 bits per heavy atom. The third-order valence-electron chi connectivity index (χ3n) is 1.61. The summed E-state index contributed by atoms with van der Waals surface area (Å²) in [6.07, 6.45) is 0. The van der Waals surface area contributed by atoms with Gasteiger partial charge in [0.15, 0.2) is 0 Å². The summed E-state index contributed by atoms with van der Waals surface area (Å²) in [6.45, 7) is 5.77. The molecule has 0 saturated carbocycles. The Morgan fingerprint density at radius 2 is 1.67 bits per heavy atom. The van der Waals surface area contributed by atoms with Crippen molar-refractivity contribution in [3.05, 3.63) is 29.8 Å². The molecule has 0 unspecified atom stereocenters. The topological polar surface area (TPSA) is 9.23 Å². The molecule has 1 nitrogen and oxygen atoms in total. The van der Waals surface area contributed by atoms with Crippen LogP contribution in [0.1, 0.15) is 26.3 Å². The maximum absolute atomic E-state index is 13.7. The average molecular weight is 340 g/mol. The van der Waals surface area contributed by atoms with Gasteiger partial charge in [-0.05, 0) is 58.7 Å². The zero-order valence-corrected chi connectivity index (χ0v) is 12.0. The Hall–Kier alpha value is -0.0900. The van der Waals surface area contributed by atoms with E-state index in [0.29, 0.717) is 11.3 Å². The molecule has 0 aliphatic rings. The first-order chi connectivity index (χ1) is 6.70. The third kappa shape index (κ3) is 4.11. The standard InChI is InChI=1S/C11H13Br2FO/c1-10(2,3)15-9-7-5-4-6-8(9)11(12,13)14/h4-7H,1-3H3. The van der Waals surface area contributed by atoms with E-state index in [9.17, 15) is 4.39 Å². The molecule has 84 valence electrons. The van der Waals surface area contributed by atoms with Gasteiger partial charge in [0.2, 0.25) is 3.49 Å². The van der Waals surface area contributed by atoms with Gasteiger partial charge in [-0.15, -0.1) is 0 Å². The zero-order chi connectivity index (χ0) is 11.7. The Kier molecular flexibility index (Phi) is 3.82. The highest BCUT2D eigenvalue weighted by molar-refractivity contribution is 9.24. The van der Waals surface area contributed by atoms with Gasteiger partial charge in [-0.3, -0.25) is 0 Å². The second-order valence-corrected chi connectivity index (χ2v) is 7.46. The molecular weight excluding hydrogens is 327 g/mol. The Bertz CT molecular complexity index is 339. The molecule has 15 heavy (non-hydrogen) atoms. The lowest BCUT2D eigenvalue weighted by Crippen LogP contribution is -2.24. The summed E-state index contributed by atoms with van der Waals surface area (Å²) >= 11 is 5.83. The average Bonchev–Trinajstić information content (AvgIpc) is 1.99. The van der Waals surface area contributed by atoms with Crippen molar-refractivity contribution < 1.29 is 9.13 Å². The van der Waals surface area contributed by atoms with Crippen molar-refractivity contribution in [1.29, 1.82) is 0 Å². The molecule has 1 aromatic rings. The van der Waals surface area contributed by atoms with Gasteiger partial charge in [-0.25, -0.2) is 4.39 Å². The number of alkyl halides is 3. The molecule has 0 amide bonds. The van der Waals surface area contributed by atoms with E-state index in [4.69, 9.17) is 4.74 Å². The number of hydrogen-bond acceptors (Lipinski definition) is 1. The predicted octanol–water partition coefficient (Wildman–Crippen LogP) is 4.73. The molecule has 0 atom stereocenters. The summed E-state index contributed by atoms with van der Waals surface area (Å²) in [5, 5.41) is 0. The molecule has 0 aromatic heterocycles. The molecule has 0 saturated heterocycles. The highest BCUT2D eigenvalue weighted by Gasteiger charge is 2.29. The molecule has 0 bridgehead atoms. The lowest BCUT2D eigenvalue weighted by molar-refractivity contribution is 0.128. The van der Waals surface area contributed by atoms with Crippen LogP contribution >= 0.6 is 31.9 Å². The number of rotatable bonds is 2. The fraction of sp³-hybridized carbons (Fsp3) is 0.455. The summed E-state index contributed by atoms with van der Waals surface area (Å²) in [4.78, 5) is 0. The molecule has 0 spiro atoms. The molecule has 0 aliphatic heterocycles. The van der Waals surface area contributed by atoms with Crippen LogP contribution in [0.4, 0.5) is 4.39 Å². The SMILES string of the molecule is CC(C)(C)Oc1ccccc1C(F)(Br)Br. The van der Waals surface area contributed by atoms with Gasteiger partial charge in [0, 0.05) is 0 Å². The van der Waals surface area contributed by atoms with Gasteiger partial charge < -0.3 is 4.74 Å². The Balaban J connectivity index is 3.08. The molecule has 1 aromatic carbocycles. The lowest BCUT2D eigenvalue weighted by Gasteiger charge is -2.24. The first-order valence-corrected chi connectivity index (χ1v) is 6.14. The number of ether oxygens (including phenoxy) is 1. The number of para-hydroxylation sites is 1. The van der Waals surface area contributed by atoms with Crippen LogP contribution in [0.5, 0.6) is 5.75 Å². The van der Waals surface area contributed by atoms with Crippen LogP contribution in [0.15, 0.2) is 24.3 Å². The maximum Gasteiger partial charge on any atom is 0.247 e. The van der Waals surface area contributed by atoms with E-state index in [1.54, 1.807) is 18.2 Å². The first kappa shape index (κ1) is 13.0. The van der Waals surface area contributed by atoms with Crippen molar-refractivity contribution in [2.24, 2.45) is 0 Å². The van der Waals surface area contributed by atoms with Gasteiger partial charge in [0.1, 0.15) is 11.4 Å². The van der Waals surface area contributed by atoms with Crippen molar-refractivity contribution in [2.45, 2.75) is 29.9 Å². The summed E-state index contributed by atoms with van der Waals surface area (Å²) in [5.74, 6) is 0.529. The smallest absolute Gasteiger partial charge is 0.247 e. The fourth-order valence-electron chi connectivity index (χ4n) is 1.12. The molecule has 4 heteroatoms. The minimum absolute atomic E-state index is 0.346. The van der Waals surface area contributed by atoms with E-state index in [-0.39, 0.29) is 5.60 Å². The summed E-state index contributed by atoms with van der Waals surface area (Å²) in [5.41, 5.74) is 0.0846. The normalized spacial score (nSPS) is 12.7. The minimum Gasteiger partial charge on any atom is -0.488 e. The van der Waals surface area contributed by atoms with Gasteiger partial charge in [-0.1, -0.05) is 18.2 Å². The molecule has 0 radical (unpaired) electrons. The summed E-state index contributed by atoms with van der Waals surface area (Å²) in [7, 11) is 0. The van der Waals surface area contributed by atoms with Gasteiger partial charge in [0.25, 0.3) is 0 Å². The van der Waals surface area contributed by atoms with E-state index in [0.717, 1.165) is 0 Å². The highest BCUT2D eigenvalue weighted by Crippen LogP contribution is 2.44. The van der Waals surface area contributed by atoms with Crippen LogP contribution in [0, 0.1) is 0 Å². The van der Waals surface area contributed by atoms with E-state index in [1.807, 2.05) is 26.8 Å². The van der Waals surface area contributed by atoms with E-state index < -0.39 is 3.49 Å². The minimum atomic E-state index is -1.75. The monoisotopic (exact) mass is 338 g/mol. The second kappa shape index (κ2) is 4.42. The first-order valence-electron chi connectivity index (χ1n) is 4.55. The van der Waals surface area contributed by atoms with Gasteiger partial charge in [-0.2, -0.15) is 0 Å². The molecule has 0 fully saturated rings. The van der Waals surface area contributed by atoms with Crippen LogP contribution < -0.4 is 4.74 Å². The fourth-order valence-corrected chi connectivity index (χ4v) is 1.77. The summed E-state index contributed by atoms with van der Waals surface area (Å²) < 4.78 is 17.6. The molecule has 0 N–H and O–H groups in total. The van der Waals surface area contributed by atoms with Crippen molar-refractivity contribution >= 4 is 31.9 Å². The molecular formula is C11H13Br2FO.